The van der Waals surface area contributed by atoms with Crippen molar-refractivity contribution in [3.8, 4) is 16.9 Å². The highest BCUT2D eigenvalue weighted by Crippen LogP contribution is 2.47. The van der Waals surface area contributed by atoms with Gasteiger partial charge in [-0.15, -0.1) is 0 Å². The summed E-state index contributed by atoms with van der Waals surface area (Å²) in [5.74, 6) is 0. The van der Waals surface area contributed by atoms with E-state index in [0.717, 1.165) is 0 Å². The maximum Gasteiger partial charge on any atom is 0.435 e. The van der Waals surface area contributed by atoms with Crippen LogP contribution in [0.2, 0.25) is 0 Å². The van der Waals surface area contributed by atoms with E-state index in [4.69, 9.17) is 4.98 Å². The molecule has 0 aliphatic heterocycles. The summed E-state index contributed by atoms with van der Waals surface area (Å²) < 4.78 is 43.3. The summed E-state index contributed by atoms with van der Waals surface area (Å²) in [6.07, 6.45) is -4.23. The van der Waals surface area contributed by atoms with Crippen LogP contribution in [0.4, 0.5) is 13.2 Å². The van der Waals surface area contributed by atoms with Crippen LogP contribution < -0.4 is 0 Å². The molecule has 4 nitrogen and oxygen atoms in total. The van der Waals surface area contributed by atoms with Crippen LogP contribution in [0.3, 0.4) is 0 Å². The molecule has 0 amide bonds. The minimum absolute atomic E-state index is 0.0360. The molecule has 1 aliphatic carbocycles. The molecule has 146 valence electrons. The molecule has 7 heteroatoms. The minimum Gasteiger partial charge on any atom is -0.248 e. The molecule has 0 radical (unpaired) electrons. The maximum atomic E-state index is 14.0. The lowest BCUT2D eigenvalue weighted by atomic mass is 9.76. The van der Waals surface area contributed by atoms with Crippen LogP contribution in [-0.2, 0) is 18.0 Å². The molecule has 0 saturated heterocycles. The van der Waals surface area contributed by atoms with Crippen LogP contribution in [0.25, 0.3) is 28.0 Å². The van der Waals surface area contributed by atoms with Gasteiger partial charge in [-0.25, -0.2) is 14.6 Å². The van der Waals surface area contributed by atoms with Gasteiger partial charge in [0.05, 0.1) is 39.4 Å². The predicted molar refractivity (Wildman–Crippen MR) is 104 cm³/mol. The zero-order valence-corrected chi connectivity index (χ0v) is 15.8. The number of aromatic nitrogens is 4. The highest BCUT2D eigenvalue weighted by Gasteiger charge is 2.45. The van der Waals surface area contributed by atoms with Crippen LogP contribution in [0, 0.1) is 0 Å². The van der Waals surface area contributed by atoms with E-state index < -0.39 is 17.3 Å². The van der Waals surface area contributed by atoms with Crippen LogP contribution >= 0.6 is 0 Å². The van der Waals surface area contributed by atoms with E-state index in [1.54, 1.807) is 36.4 Å². The molecule has 0 saturated carbocycles. The Morgan fingerprint density at radius 1 is 0.897 bits per heavy atom. The molecule has 0 bridgehead atoms. The highest BCUT2D eigenvalue weighted by atomic mass is 19.4. The second kappa shape index (κ2) is 5.89. The molecule has 4 aromatic rings. The number of para-hydroxylation sites is 3. The summed E-state index contributed by atoms with van der Waals surface area (Å²) in [7, 11) is 0. The molecule has 2 aromatic carbocycles. The average Bonchev–Trinajstić information content (AvgIpc) is 3.06. The largest absolute Gasteiger partial charge is 0.435 e. The fraction of sp³-hybridized carbons (Fsp3) is 0.227. The summed E-state index contributed by atoms with van der Waals surface area (Å²) in [4.78, 5) is 9.32. The van der Waals surface area contributed by atoms with Gasteiger partial charge in [-0.2, -0.15) is 18.3 Å². The smallest absolute Gasteiger partial charge is 0.248 e. The Hall–Kier alpha value is -3.22. The SMILES string of the molecule is CC1(C)Cc2c(c(C(F)(F)F)nn2-c2ccccc2)-c2nc3ccccc3nc21. The van der Waals surface area contributed by atoms with E-state index in [0.29, 0.717) is 34.5 Å². The third kappa shape index (κ3) is 2.72. The zero-order chi connectivity index (χ0) is 20.4. The lowest BCUT2D eigenvalue weighted by Crippen LogP contribution is -2.29. The predicted octanol–water partition coefficient (Wildman–Crippen LogP) is 5.34. The molecule has 0 spiro atoms. The van der Waals surface area contributed by atoms with E-state index in [2.05, 4.69) is 10.1 Å². The molecule has 0 unspecified atom stereocenters. The first kappa shape index (κ1) is 17.8. The van der Waals surface area contributed by atoms with E-state index in [1.807, 2.05) is 32.0 Å². The second-order valence-electron chi connectivity index (χ2n) is 7.89. The van der Waals surface area contributed by atoms with E-state index in [9.17, 15) is 13.2 Å². The molecular weight excluding hydrogens is 377 g/mol. The second-order valence-corrected chi connectivity index (χ2v) is 7.89. The van der Waals surface area contributed by atoms with E-state index in [1.165, 1.54) is 4.68 Å². The van der Waals surface area contributed by atoms with Gasteiger partial charge in [0.2, 0.25) is 0 Å². The normalized spacial score (nSPS) is 15.2. The first-order valence-electron chi connectivity index (χ1n) is 9.28. The van der Waals surface area contributed by atoms with Crippen molar-refractivity contribution < 1.29 is 13.2 Å². The fourth-order valence-corrected chi connectivity index (χ4v) is 3.99. The van der Waals surface area contributed by atoms with Crippen molar-refractivity contribution in [3.63, 3.8) is 0 Å². The molecule has 0 N–H and O–H groups in total. The molecule has 5 rings (SSSR count). The highest BCUT2D eigenvalue weighted by molar-refractivity contribution is 5.81. The summed E-state index contributed by atoms with van der Waals surface area (Å²) in [6.45, 7) is 3.96. The van der Waals surface area contributed by atoms with Crippen molar-refractivity contribution in [2.24, 2.45) is 0 Å². The van der Waals surface area contributed by atoms with Crippen molar-refractivity contribution in [1.82, 2.24) is 19.7 Å². The van der Waals surface area contributed by atoms with Crippen molar-refractivity contribution in [2.45, 2.75) is 31.9 Å². The Morgan fingerprint density at radius 3 is 2.17 bits per heavy atom. The number of alkyl halides is 3. The van der Waals surface area contributed by atoms with Crippen LogP contribution in [0.5, 0.6) is 0 Å². The number of benzene rings is 2. The molecule has 2 aromatic heterocycles. The number of rotatable bonds is 1. The van der Waals surface area contributed by atoms with Gasteiger partial charge in [-0.05, 0) is 24.3 Å². The summed E-state index contributed by atoms with van der Waals surface area (Å²) in [5.41, 5.74) is 1.80. The number of nitrogens with zero attached hydrogens (tertiary/aromatic N) is 4. The van der Waals surface area contributed by atoms with Crippen LogP contribution in [-0.4, -0.2) is 19.7 Å². The first-order chi connectivity index (χ1) is 13.8. The molecule has 1 aliphatic rings. The molecule has 29 heavy (non-hydrogen) atoms. The van der Waals surface area contributed by atoms with Crippen LogP contribution in [0.15, 0.2) is 54.6 Å². The quantitative estimate of drug-likeness (QED) is 0.438. The van der Waals surface area contributed by atoms with Gasteiger partial charge in [-0.1, -0.05) is 44.2 Å². The number of hydrogen-bond acceptors (Lipinski definition) is 3. The molecule has 0 fully saturated rings. The average molecular weight is 394 g/mol. The monoisotopic (exact) mass is 394 g/mol. The Bertz CT molecular complexity index is 1240. The van der Waals surface area contributed by atoms with Crippen molar-refractivity contribution >= 4 is 11.0 Å². The topological polar surface area (TPSA) is 43.6 Å². The van der Waals surface area contributed by atoms with Gasteiger partial charge in [0, 0.05) is 11.8 Å². The van der Waals surface area contributed by atoms with Crippen molar-refractivity contribution in [3.05, 3.63) is 71.7 Å². The molecule has 0 atom stereocenters. The summed E-state index contributed by atoms with van der Waals surface area (Å²) in [6, 6.07) is 16.1. The summed E-state index contributed by atoms with van der Waals surface area (Å²) in [5, 5.41) is 4.00. The van der Waals surface area contributed by atoms with Gasteiger partial charge < -0.3 is 0 Å². The lowest BCUT2D eigenvalue weighted by Gasteiger charge is -2.31. The standard InChI is InChI=1S/C22H17F3N4/c1-21(2)12-16-17(18-20(21)27-15-11-7-6-10-14(15)26-18)19(22(23,24)25)28-29(16)13-8-4-3-5-9-13/h3-11H,12H2,1-2H3. The van der Waals surface area contributed by atoms with Crippen LogP contribution in [0.1, 0.15) is 30.9 Å². The first-order valence-corrected chi connectivity index (χ1v) is 9.28. The van der Waals surface area contributed by atoms with Crippen molar-refractivity contribution in [1.29, 1.82) is 0 Å². The number of fused-ring (bicyclic) bond motifs is 4. The van der Waals surface area contributed by atoms with Gasteiger partial charge in [0.1, 0.15) is 0 Å². The number of hydrogen-bond donors (Lipinski definition) is 0. The molecule has 2 heterocycles. The lowest BCUT2D eigenvalue weighted by molar-refractivity contribution is -0.140. The van der Waals surface area contributed by atoms with Gasteiger partial charge >= 0.3 is 6.18 Å². The Labute approximate surface area is 165 Å². The van der Waals surface area contributed by atoms with Gasteiger partial charge in [-0.3, -0.25) is 0 Å². The molecular formula is C22H17F3N4. The summed E-state index contributed by atoms with van der Waals surface area (Å²) >= 11 is 0. The van der Waals surface area contributed by atoms with Gasteiger partial charge in [0.15, 0.2) is 5.69 Å². The Balaban J connectivity index is 1.89. The zero-order valence-electron chi connectivity index (χ0n) is 15.8. The van der Waals surface area contributed by atoms with Gasteiger partial charge in [0.25, 0.3) is 0 Å². The van der Waals surface area contributed by atoms with E-state index >= 15 is 0 Å². The number of halogens is 3. The maximum absolute atomic E-state index is 14.0. The third-order valence-corrected chi connectivity index (χ3v) is 5.31. The Kier molecular flexibility index (Phi) is 3.62. The van der Waals surface area contributed by atoms with E-state index in [-0.39, 0.29) is 11.3 Å². The van der Waals surface area contributed by atoms with Crippen molar-refractivity contribution in [2.75, 3.05) is 0 Å². The minimum atomic E-state index is -4.60. The Morgan fingerprint density at radius 2 is 1.52 bits per heavy atom. The fourth-order valence-electron chi connectivity index (χ4n) is 3.99. The third-order valence-electron chi connectivity index (χ3n) is 5.31.